The van der Waals surface area contributed by atoms with Crippen LogP contribution < -0.4 is 4.74 Å². The lowest BCUT2D eigenvalue weighted by atomic mass is 9.91. The number of pyridine rings is 1. The first-order chi connectivity index (χ1) is 23.8. The van der Waals surface area contributed by atoms with Crippen molar-refractivity contribution in [2.24, 2.45) is 0 Å². The van der Waals surface area contributed by atoms with E-state index >= 15 is 0 Å². The third-order valence-corrected chi connectivity index (χ3v) is 8.62. The van der Waals surface area contributed by atoms with E-state index < -0.39 is 71.0 Å². The average Bonchev–Trinajstić information content (AvgIpc) is 3.63. The fraction of sp³-hybridized carbons (Fsp3) is 0.229. The summed E-state index contributed by atoms with van der Waals surface area (Å²) in [6.07, 6.45) is -14.1. The fourth-order valence-corrected chi connectivity index (χ4v) is 6.28. The number of hydrogen-bond acceptors (Lipinski definition) is 5. The molecule has 0 spiro atoms. The summed E-state index contributed by atoms with van der Waals surface area (Å²) in [5.74, 6) is -1.20. The predicted octanol–water partition coefficient (Wildman–Crippen LogP) is 9.66. The van der Waals surface area contributed by atoms with Gasteiger partial charge in [-0.3, -0.25) is 4.90 Å². The molecule has 0 radical (unpaired) electrons. The molecule has 7 nitrogen and oxygen atoms in total. The maximum Gasteiger partial charge on any atom is 0.416 e. The molecule has 1 N–H and O–H groups in total. The first-order valence-corrected chi connectivity index (χ1v) is 14.8. The van der Waals surface area contributed by atoms with E-state index in [-0.39, 0.29) is 34.2 Å². The zero-order chi connectivity index (χ0) is 37.2. The second kappa shape index (κ2) is 12.3. The number of benzene rings is 3. The molecular weight excluding hydrogens is 699 g/mol. The smallest absolute Gasteiger partial charge is 0.416 e. The molecule has 266 valence electrons. The minimum absolute atomic E-state index is 0.0149. The first-order valence-electron chi connectivity index (χ1n) is 14.8. The van der Waals surface area contributed by atoms with E-state index in [2.05, 4.69) is 4.98 Å². The molecule has 3 atom stereocenters. The van der Waals surface area contributed by atoms with Crippen LogP contribution in [0.15, 0.2) is 79.0 Å². The van der Waals surface area contributed by atoms with Gasteiger partial charge in [-0.1, -0.05) is 24.3 Å². The van der Waals surface area contributed by atoms with Crippen LogP contribution >= 0.6 is 0 Å². The monoisotopic (exact) mass is 722 g/mol. The average molecular weight is 723 g/mol. The minimum Gasteiger partial charge on any atom is -0.481 e. The van der Waals surface area contributed by atoms with Gasteiger partial charge in [0.25, 0.3) is 0 Å². The Morgan fingerprint density at radius 2 is 1.43 bits per heavy atom. The van der Waals surface area contributed by atoms with Crippen molar-refractivity contribution in [3.8, 4) is 28.1 Å². The molecule has 16 heteroatoms. The number of cyclic esters (lactones) is 1. The Labute approximate surface area is 282 Å². The van der Waals surface area contributed by atoms with E-state index in [0.717, 1.165) is 23.1 Å². The van der Waals surface area contributed by atoms with Crippen molar-refractivity contribution in [3.63, 3.8) is 0 Å². The van der Waals surface area contributed by atoms with Gasteiger partial charge in [0.1, 0.15) is 0 Å². The lowest BCUT2D eigenvalue weighted by Gasteiger charge is -2.26. The van der Waals surface area contributed by atoms with Crippen LogP contribution in [0.4, 0.5) is 44.3 Å². The van der Waals surface area contributed by atoms with Gasteiger partial charge >= 0.3 is 30.6 Å². The third kappa shape index (κ3) is 6.57. The van der Waals surface area contributed by atoms with E-state index in [1.54, 1.807) is 13.0 Å². The molecule has 0 aliphatic carbocycles. The van der Waals surface area contributed by atoms with Gasteiger partial charge in [0.15, 0.2) is 6.10 Å². The van der Waals surface area contributed by atoms with Crippen LogP contribution in [-0.4, -0.2) is 40.2 Å². The van der Waals surface area contributed by atoms with Crippen LogP contribution in [0.2, 0.25) is 0 Å². The van der Waals surface area contributed by atoms with Crippen molar-refractivity contribution in [3.05, 3.63) is 118 Å². The number of nitrogens with zero attached hydrogens (tertiary/aromatic N) is 2. The molecule has 3 heterocycles. The minimum atomic E-state index is -5.18. The zero-order valence-corrected chi connectivity index (χ0v) is 26.1. The third-order valence-electron chi connectivity index (χ3n) is 8.62. The molecule has 2 aliphatic rings. The van der Waals surface area contributed by atoms with Gasteiger partial charge in [0, 0.05) is 17.3 Å². The number of aryl methyl sites for hydroxylation is 1. The Hall–Kier alpha value is -5.54. The van der Waals surface area contributed by atoms with Crippen molar-refractivity contribution in [1.29, 1.82) is 0 Å². The second-order valence-electron chi connectivity index (χ2n) is 11.8. The van der Waals surface area contributed by atoms with Crippen LogP contribution in [0.3, 0.4) is 0 Å². The highest BCUT2D eigenvalue weighted by Gasteiger charge is 2.49. The van der Waals surface area contributed by atoms with E-state index in [0.29, 0.717) is 28.8 Å². The molecule has 1 fully saturated rings. The Morgan fingerprint density at radius 3 is 2.00 bits per heavy atom. The molecule has 0 saturated carbocycles. The van der Waals surface area contributed by atoms with Crippen molar-refractivity contribution in [2.45, 2.75) is 43.6 Å². The number of aromatic carboxylic acids is 1. The van der Waals surface area contributed by atoms with Gasteiger partial charge in [-0.2, -0.15) is 39.5 Å². The molecular formula is C35H23F9N2O5. The van der Waals surface area contributed by atoms with Crippen LogP contribution in [0.1, 0.15) is 55.9 Å². The summed E-state index contributed by atoms with van der Waals surface area (Å²) in [5.41, 5.74) is -3.34. The molecule has 4 aromatic rings. The second-order valence-corrected chi connectivity index (χ2v) is 11.8. The molecule has 0 unspecified atom stereocenters. The number of methoxy groups -OCH3 is 1. The van der Waals surface area contributed by atoms with Gasteiger partial charge in [0.2, 0.25) is 5.88 Å². The van der Waals surface area contributed by atoms with Crippen molar-refractivity contribution in [1.82, 2.24) is 9.88 Å². The zero-order valence-electron chi connectivity index (χ0n) is 26.1. The van der Waals surface area contributed by atoms with Gasteiger partial charge in [0.05, 0.1) is 41.4 Å². The number of aromatic nitrogens is 1. The number of rotatable bonds is 6. The first kappa shape index (κ1) is 35.3. The van der Waals surface area contributed by atoms with Crippen LogP contribution in [-0.2, 0) is 23.3 Å². The van der Waals surface area contributed by atoms with Gasteiger partial charge in [-0.05, 0) is 83.3 Å². The molecule has 0 bridgehead atoms. The molecule has 1 aromatic heterocycles. The highest BCUT2D eigenvalue weighted by molar-refractivity contribution is 5.89. The molecule has 6 rings (SSSR count). The number of fused-ring (bicyclic) bond motifs is 1. The number of ether oxygens (including phenoxy) is 2. The summed E-state index contributed by atoms with van der Waals surface area (Å²) in [6.45, 7) is 1.65. The summed E-state index contributed by atoms with van der Waals surface area (Å²) in [5, 5.41) is 9.36. The lowest BCUT2D eigenvalue weighted by molar-refractivity contribution is -0.143. The standard InChI is InChI=1S/C35H23F9N2O5/c1-16-9-17(31(47)48)3-5-23(16)19-12-26(30(50-2)45-15-19)24-6-4-20(33(36,37)38)14-25(24)27-7-8-28-29(51-32(49)46(27)28)18-10-21(34(39,40)41)13-22(11-18)35(42,43)44/h3-15,27-29H,1-2H3,(H,47,48)/t27-,28-,29+/m0/s1. The van der Waals surface area contributed by atoms with Crippen molar-refractivity contribution >= 4 is 12.1 Å². The van der Waals surface area contributed by atoms with E-state index in [1.165, 1.54) is 43.7 Å². The number of carboxylic acid groups (broad SMARTS) is 1. The molecule has 51 heavy (non-hydrogen) atoms. The largest absolute Gasteiger partial charge is 0.481 e. The normalized spacial score (nSPS) is 18.9. The van der Waals surface area contributed by atoms with Gasteiger partial charge in [-0.25, -0.2) is 14.6 Å². The number of carbonyl (C=O) groups excluding carboxylic acids is 1. The van der Waals surface area contributed by atoms with Gasteiger partial charge in [-0.15, -0.1) is 0 Å². The summed E-state index contributed by atoms with van der Waals surface area (Å²) in [6, 6.07) is 6.72. The Balaban J connectivity index is 1.47. The maximum atomic E-state index is 14.1. The van der Waals surface area contributed by atoms with Gasteiger partial charge < -0.3 is 14.6 Å². The predicted molar refractivity (Wildman–Crippen MR) is 162 cm³/mol. The Kier molecular flexibility index (Phi) is 8.55. The maximum absolute atomic E-state index is 14.1. The number of hydrogen-bond donors (Lipinski definition) is 1. The summed E-state index contributed by atoms with van der Waals surface area (Å²) < 4.78 is 135. The highest BCUT2D eigenvalue weighted by Crippen LogP contribution is 2.49. The number of alkyl halides is 9. The number of halogens is 9. The molecule has 2 aliphatic heterocycles. The van der Waals surface area contributed by atoms with Crippen molar-refractivity contribution in [2.75, 3.05) is 7.11 Å². The molecule has 1 amide bonds. The van der Waals surface area contributed by atoms with E-state index in [4.69, 9.17) is 9.47 Å². The summed E-state index contributed by atoms with van der Waals surface area (Å²) >= 11 is 0. The van der Waals surface area contributed by atoms with Crippen molar-refractivity contribution < 1.29 is 63.7 Å². The number of carbonyl (C=O) groups is 2. The quantitative estimate of drug-likeness (QED) is 0.158. The Morgan fingerprint density at radius 1 is 0.804 bits per heavy atom. The SMILES string of the molecule is COc1ncc(-c2ccc(C(=O)O)cc2C)cc1-c1ccc(C(F)(F)F)cc1[C@@H]1C=C[C@H]2[C@@H](c3cc(C(F)(F)F)cc(C(F)(F)F)c3)OC(=O)N12. The lowest BCUT2D eigenvalue weighted by Crippen LogP contribution is -2.32. The van der Waals surface area contributed by atoms with E-state index in [9.17, 15) is 54.2 Å². The Bertz CT molecular complexity index is 2060. The topological polar surface area (TPSA) is 89.0 Å². The molecule has 3 aromatic carbocycles. The van der Waals surface area contributed by atoms with Crippen LogP contribution in [0.25, 0.3) is 22.3 Å². The molecule has 1 saturated heterocycles. The van der Waals surface area contributed by atoms with Crippen LogP contribution in [0, 0.1) is 6.92 Å². The van der Waals surface area contributed by atoms with E-state index in [1.807, 2.05) is 0 Å². The highest BCUT2D eigenvalue weighted by atomic mass is 19.4. The summed E-state index contributed by atoms with van der Waals surface area (Å²) in [7, 11) is 1.26. The summed E-state index contributed by atoms with van der Waals surface area (Å²) in [4.78, 5) is 30.0. The fourth-order valence-electron chi connectivity index (χ4n) is 6.28. The van der Waals surface area contributed by atoms with Crippen LogP contribution in [0.5, 0.6) is 5.88 Å². The number of amides is 1. The number of carboxylic acids is 1.